The number of nitrogens with one attached hydrogen (secondary N) is 4. The van der Waals surface area contributed by atoms with E-state index >= 15 is 0 Å². The van der Waals surface area contributed by atoms with Crippen molar-refractivity contribution in [2.24, 2.45) is 5.73 Å². The first-order valence-electron chi connectivity index (χ1n) is 11.6. The number of aromatic amines is 1. The Morgan fingerprint density at radius 1 is 1.03 bits per heavy atom. The van der Waals surface area contributed by atoms with Gasteiger partial charge in [0, 0.05) is 40.9 Å². The maximum Gasteiger partial charge on any atom is 0.251 e. The molecule has 1 fully saturated rings. The molecule has 4 aromatic rings. The Morgan fingerprint density at radius 3 is 2.65 bits per heavy atom. The van der Waals surface area contributed by atoms with Gasteiger partial charge in [-0.15, -0.1) is 0 Å². The molecule has 2 aromatic carbocycles. The molecule has 6 N–H and O–H groups in total. The van der Waals surface area contributed by atoms with E-state index in [0.29, 0.717) is 36.3 Å². The van der Waals surface area contributed by atoms with E-state index in [9.17, 15) is 4.79 Å². The van der Waals surface area contributed by atoms with Crippen molar-refractivity contribution >= 4 is 40.1 Å². The third kappa shape index (κ3) is 5.15. The molecule has 1 amide bonds. The normalized spacial score (nSPS) is 13.1. The molecular formula is C25H28N8O. The number of hydrogen-bond acceptors (Lipinski definition) is 7. The third-order valence-corrected chi connectivity index (χ3v) is 5.78. The summed E-state index contributed by atoms with van der Waals surface area (Å²) in [5.74, 6) is 2.37. The van der Waals surface area contributed by atoms with Crippen LogP contribution < -0.4 is 21.7 Å². The van der Waals surface area contributed by atoms with Crippen LogP contribution >= 0.6 is 0 Å². The monoisotopic (exact) mass is 456 g/mol. The number of fused-ring (bicyclic) bond motifs is 1. The Labute approximate surface area is 197 Å². The van der Waals surface area contributed by atoms with E-state index in [4.69, 9.17) is 10.7 Å². The molecule has 5 rings (SSSR count). The lowest BCUT2D eigenvalue weighted by Gasteiger charge is -2.11. The van der Waals surface area contributed by atoms with E-state index in [1.165, 1.54) is 12.8 Å². The van der Waals surface area contributed by atoms with Crippen LogP contribution in [-0.2, 0) is 0 Å². The number of para-hydroxylation sites is 1. The van der Waals surface area contributed by atoms with Crippen LogP contribution in [-0.4, -0.2) is 39.2 Å². The van der Waals surface area contributed by atoms with Crippen LogP contribution in [0.5, 0.6) is 0 Å². The smallest absolute Gasteiger partial charge is 0.251 e. The molecule has 1 aliphatic rings. The van der Waals surface area contributed by atoms with E-state index in [0.717, 1.165) is 40.9 Å². The standard InChI is InChI=1S/C25H28N8O/c26-13-3-4-14-27-24(34)17-9-11-18(12-10-17)28-25-29-20-6-2-1-5-19(20)23(31-25)30-22-15-21(32-33-22)16-7-8-16/h1-2,5-6,9-12,15-16H,3-4,7-8,13-14,26H2,(H,27,34)(H3,28,29,30,31,32,33). The first-order chi connectivity index (χ1) is 16.7. The van der Waals surface area contributed by atoms with E-state index < -0.39 is 0 Å². The molecule has 0 radical (unpaired) electrons. The lowest BCUT2D eigenvalue weighted by Crippen LogP contribution is -2.24. The van der Waals surface area contributed by atoms with Gasteiger partial charge in [-0.3, -0.25) is 9.89 Å². The maximum absolute atomic E-state index is 12.3. The highest BCUT2D eigenvalue weighted by Gasteiger charge is 2.25. The fourth-order valence-corrected chi connectivity index (χ4v) is 3.76. The topological polar surface area (TPSA) is 134 Å². The summed E-state index contributed by atoms with van der Waals surface area (Å²) in [5, 5.41) is 17.9. The van der Waals surface area contributed by atoms with Crippen LogP contribution in [0.15, 0.2) is 54.6 Å². The zero-order chi connectivity index (χ0) is 23.3. The summed E-state index contributed by atoms with van der Waals surface area (Å²) in [7, 11) is 0. The number of rotatable bonds is 10. The fourth-order valence-electron chi connectivity index (χ4n) is 3.76. The van der Waals surface area contributed by atoms with Gasteiger partial charge in [0.15, 0.2) is 5.82 Å². The van der Waals surface area contributed by atoms with Gasteiger partial charge in [-0.25, -0.2) is 4.98 Å². The molecule has 2 heterocycles. The minimum absolute atomic E-state index is 0.0958. The zero-order valence-corrected chi connectivity index (χ0v) is 18.8. The van der Waals surface area contributed by atoms with E-state index in [1.54, 1.807) is 12.1 Å². The summed E-state index contributed by atoms with van der Waals surface area (Å²) in [6.45, 7) is 1.25. The number of unbranched alkanes of at least 4 members (excludes halogenated alkanes) is 1. The van der Waals surface area contributed by atoms with Crippen LogP contribution in [0.3, 0.4) is 0 Å². The molecule has 0 spiro atoms. The lowest BCUT2D eigenvalue weighted by atomic mass is 10.2. The van der Waals surface area contributed by atoms with Crippen molar-refractivity contribution in [3.63, 3.8) is 0 Å². The summed E-state index contributed by atoms with van der Waals surface area (Å²) in [6, 6.07) is 17.1. The third-order valence-electron chi connectivity index (χ3n) is 5.78. The van der Waals surface area contributed by atoms with Crippen LogP contribution in [0.4, 0.5) is 23.3 Å². The van der Waals surface area contributed by atoms with Crippen LogP contribution in [0.2, 0.25) is 0 Å². The second kappa shape index (κ2) is 9.88. The first-order valence-corrected chi connectivity index (χ1v) is 11.6. The van der Waals surface area contributed by atoms with Gasteiger partial charge in [-0.1, -0.05) is 12.1 Å². The number of aromatic nitrogens is 4. The summed E-state index contributed by atoms with van der Waals surface area (Å²) < 4.78 is 0. The second-order valence-electron chi connectivity index (χ2n) is 8.47. The summed E-state index contributed by atoms with van der Waals surface area (Å²) >= 11 is 0. The zero-order valence-electron chi connectivity index (χ0n) is 18.8. The lowest BCUT2D eigenvalue weighted by molar-refractivity contribution is 0.0953. The summed E-state index contributed by atoms with van der Waals surface area (Å²) in [6.07, 6.45) is 4.19. The molecule has 2 aromatic heterocycles. The molecule has 0 aliphatic heterocycles. The van der Waals surface area contributed by atoms with E-state index in [-0.39, 0.29) is 5.91 Å². The van der Waals surface area contributed by atoms with Crippen molar-refractivity contribution in [1.82, 2.24) is 25.5 Å². The van der Waals surface area contributed by atoms with Crippen molar-refractivity contribution in [2.45, 2.75) is 31.6 Å². The van der Waals surface area contributed by atoms with Crippen molar-refractivity contribution in [1.29, 1.82) is 0 Å². The molecular weight excluding hydrogens is 428 g/mol. The molecule has 174 valence electrons. The van der Waals surface area contributed by atoms with Crippen LogP contribution in [0.25, 0.3) is 10.9 Å². The first kappa shape index (κ1) is 21.8. The quantitative estimate of drug-likeness (QED) is 0.226. The second-order valence-corrected chi connectivity index (χ2v) is 8.47. The predicted molar refractivity (Wildman–Crippen MR) is 134 cm³/mol. The number of carbonyl (C=O) groups excluding carboxylic acids is 1. The van der Waals surface area contributed by atoms with Gasteiger partial charge in [-0.05, 0) is 68.6 Å². The number of amides is 1. The van der Waals surface area contributed by atoms with Crippen molar-refractivity contribution in [3.8, 4) is 0 Å². The molecule has 0 unspecified atom stereocenters. The molecule has 34 heavy (non-hydrogen) atoms. The number of nitrogens with two attached hydrogens (primary N) is 1. The molecule has 9 heteroatoms. The van der Waals surface area contributed by atoms with Gasteiger partial charge >= 0.3 is 0 Å². The highest BCUT2D eigenvalue weighted by molar-refractivity contribution is 5.94. The van der Waals surface area contributed by atoms with Crippen LogP contribution in [0.1, 0.15) is 47.7 Å². The predicted octanol–water partition coefficient (Wildman–Crippen LogP) is 4.19. The minimum atomic E-state index is -0.0958. The summed E-state index contributed by atoms with van der Waals surface area (Å²) in [4.78, 5) is 21.6. The van der Waals surface area contributed by atoms with Gasteiger partial charge in [-0.2, -0.15) is 10.1 Å². The Bertz CT molecular complexity index is 1280. The highest BCUT2D eigenvalue weighted by Crippen LogP contribution is 2.39. The Kier molecular flexibility index (Phi) is 6.35. The van der Waals surface area contributed by atoms with Crippen molar-refractivity contribution in [3.05, 3.63) is 65.9 Å². The Balaban J connectivity index is 1.32. The number of nitrogens with zero attached hydrogens (tertiary/aromatic N) is 3. The van der Waals surface area contributed by atoms with Gasteiger partial charge in [0.05, 0.1) is 5.52 Å². The minimum Gasteiger partial charge on any atom is -0.352 e. The highest BCUT2D eigenvalue weighted by atomic mass is 16.1. The van der Waals surface area contributed by atoms with Crippen molar-refractivity contribution < 1.29 is 4.79 Å². The van der Waals surface area contributed by atoms with Gasteiger partial charge in [0.1, 0.15) is 5.82 Å². The maximum atomic E-state index is 12.3. The van der Waals surface area contributed by atoms with Gasteiger partial charge in [0.2, 0.25) is 5.95 Å². The average molecular weight is 457 g/mol. The molecule has 0 bridgehead atoms. The molecule has 0 atom stereocenters. The van der Waals surface area contributed by atoms with Gasteiger partial charge < -0.3 is 21.7 Å². The number of anilines is 4. The number of H-pyrrole nitrogens is 1. The SMILES string of the molecule is NCCCCNC(=O)c1ccc(Nc2nc(Nc3cc(C4CC4)[nH]n3)c3ccccc3n2)cc1. The average Bonchev–Trinajstić information content (AvgIpc) is 3.61. The molecule has 0 saturated heterocycles. The molecule has 9 nitrogen and oxygen atoms in total. The number of benzene rings is 2. The molecule has 1 saturated carbocycles. The van der Waals surface area contributed by atoms with Gasteiger partial charge in [0.25, 0.3) is 5.91 Å². The van der Waals surface area contributed by atoms with E-state index in [1.807, 2.05) is 42.5 Å². The Hall–Kier alpha value is -3.98. The van der Waals surface area contributed by atoms with Crippen molar-refractivity contribution in [2.75, 3.05) is 23.7 Å². The largest absolute Gasteiger partial charge is 0.352 e. The van der Waals surface area contributed by atoms with Crippen LogP contribution in [0, 0.1) is 0 Å². The summed E-state index contributed by atoms with van der Waals surface area (Å²) in [5.41, 5.74) is 8.85. The number of carbonyl (C=O) groups is 1. The van der Waals surface area contributed by atoms with E-state index in [2.05, 4.69) is 31.1 Å². The fraction of sp³-hybridized carbons (Fsp3) is 0.280. The number of hydrogen-bond donors (Lipinski definition) is 5. The Morgan fingerprint density at radius 2 is 1.85 bits per heavy atom. The molecule has 1 aliphatic carbocycles.